The molecule has 2 aromatic heterocycles. The van der Waals surface area contributed by atoms with E-state index in [0.29, 0.717) is 23.1 Å². The molecule has 1 aliphatic heterocycles. The first-order valence-electron chi connectivity index (χ1n) is 14.4. The second-order valence-corrected chi connectivity index (χ2v) is 11.2. The number of aromatic nitrogens is 4. The number of benzene rings is 1. The monoisotopic (exact) mass is 554 g/mol. The van der Waals surface area contributed by atoms with Crippen molar-refractivity contribution in [3.8, 4) is 0 Å². The van der Waals surface area contributed by atoms with Gasteiger partial charge in [0, 0.05) is 50.2 Å². The van der Waals surface area contributed by atoms with Gasteiger partial charge in [0.25, 0.3) is 0 Å². The van der Waals surface area contributed by atoms with Gasteiger partial charge in [-0.25, -0.2) is 18.7 Å². The van der Waals surface area contributed by atoms with Crippen molar-refractivity contribution < 1.29 is 18.7 Å². The van der Waals surface area contributed by atoms with Crippen LogP contribution in [0.3, 0.4) is 0 Å². The van der Waals surface area contributed by atoms with E-state index in [1.807, 2.05) is 9.47 Å². The van der Waals surface area contributed by atoms with Crippen molar-refractivity contribution in [1.82, 2.24) is 29.7 Å². The Kier molecular flexibility index (Phi) is 7.79. The minimum absolute atomic E-state index is 0.00402. The molecule has 3 aromatic rings. The predicted octanol–water partition coefficient (Wildman–Crippen LogP) is 3.73. The van der Waals surface area contributed by atoms with Crippen LogP contribution in [0.2, 0.25) is 0 Å². The summed E-state index contributed by atoms with van der Waals surface area (Å²) in [6.07, 6.45) is 7.56. The number of carbonyl (C=O) groups is 1. The number of imidazole rings is 1. The zero-order chi connectivity index (χ0) is 27.6. The standard InChI is InChI=1S/C28H36F2N8O2/c29-18-3-10-23(22(30)15-18)34-28-35-24-16-32-27(33-19-4-8-21(39)9-5-19)36-25(24)38(28)20-6-1-17(2-7-20)26(40)37-13-11-31-12-14-37/h3,10,15-17,19-21,31,39H,1-2,4-9,11-14H2,(H,34,35)(H,32,33,36)/t17-,19-,20+,21-. The zero-order valence-corrected chi connectivity index (χ0v) is 22.5. The molecule has 1 aromatic carbocycles. The minimum atomic E-state index is -0.711. The van der Waals surface area contributed by atoms with E-state index in [9.17, 15) is 18.7 Å². The van der Waals surface area contributed by atoms with Gasteiger partial charge in [-0.2, -0.15) is 4.98 Å². The molecule has 2 aliphatic carbocycles. The molecule has 10 nitrogen and oxygen atoms in total. The fourth-order valence-corrected chi connectivity index (χ4v) is 6.23. The van der Waals surface area contributed by atoms with E-state index in [4.69, 9.17) is 9.97 Å². The quantitative estimate of drug-likeness (QED) is 0.364. The lowest BCUT2D eigenvalue weighted by atomic mass is 9.85. The maximum Gasteiger partial charge on any atom is 0.225 e. The van der Waals surface area contributed by atoms with Crippen molar-refractivity contribution in [2.75, 3.05) is 36.8 Å². The second-order valence-electron chi connectivity index (χ2n) is 11.2. The molecular weight excluding hydrogens is 518 g/mol. The third kappa shape index (κ3) is 5.73. The number of nitrogens with one attached hydrogen (secondary N) is 3. The topological polar surface area (TPSA) is 120 Å². The van der Waals surface area contributed by atoms with Crippen LogP contribution >= 0.6 is 0 Å². The number of aliphatic hydroxyl groups is 1. The highest BCUT2D eigenvalue weighted by Gasteiger charge is 2.33. The Balaban J connectivity index is 1.27. The Labute approximate surface area is 231 Å². The molecule has 12 heteroatoms. The number of carbonyl (C=O) groups excluding carboxylic acids is 1. The lowest BCUT2D eigenvalue weighted by Gasteiger charge is -2.35. The molecule has 3 heterocycles. The minimum Gasteiger partial charge on any atom is -0.393 e. The molecule has 4 N–H and O–H groups in total. The largest absolute Gasteiger partial charge is 0.393 e. The number of nitrogens with zero attached hydrogens (tertiary/aromatic N) is 5. The van der Waals surface area contributed by atoms with E-state index in [1.165, 1.54) is 12.1 Å². The Hall–Kier alpha value is -3.38. The Bertz CT molecular complexity index is 1350. The molecular formula is C28H36F2N8O2. The highest BCUT2D eigenvalue weighted by Crippen LogP contribution is 2.38. The molecule has 0 radical (unpaired) electrons. The van der Waals surface area contributed by atoms with Crippen molar-refractivity contribution in [2.45, 2.75) is 69.6 Å². The van der Waals surface area contributed by atoms with Crippen LogP contribution in [0.4, 0.5) is 26.4 Å². The van der Waals surface area contributed by atoms with E-state index < -0.39 is 11.6 Å². The molecule has 1 amide bonds. The Morgan fingerprint density at radius 3 is 2.48 bits per heavy atom. The molecule has 0 spiro atoms. The van der Waals surface area contributed by atoms with E-state index in [2.05, 4.69) is 20.9 Å². The van der Waals surface area contributed by atoms with Crippen LogP contribution in [0.5, 0.6) is 0 Å². The molecule has 214 valence electrons. The van der Waals surface area contributed by atoms with Gasteiger partial charge in [-0.05, 0) is 63.5 Å². The number of rotatable bonds is 6. The SMILES string of the molecule is O=C([C@H]1CC[C@@H](n2c(Nc3ccc(F)cc3F)nc3cnc(N[C@H]4CC[C@H](O)CC4)nc32)CC1)N1CCNCC1. The number of hydrogen-bond donors (Lipinski definition) is 4. The fraction of sp³-hybridized carbons (Fsp3) is 0.571. The average Bonchev–Trinajstić information content (AvgIpc) is 3.33. The number of hydrogen-bond acceptors (Lipinski definition) is 8. The Morgan fingerprint density at radius 2 is 1.75 bits per heavy atom. The fourth-order valence-electron chi connectivity index (χ4n) is 6.23. The lowest BCUT2D eigenvalue weighted by Crippen LogP contribution is -2.48. The first-order valence-corrected chi connectivity index (χ1v) is 14.4. The van der Waals surface area contributed by atoms with Crippen molar-refractivity contribution >= 4 is 34.7 Å². The molecule has 3 aliphatic rings. The highest BCUT2D eigenvalue weighted by molar-refractivity contribution is 5.79. The second kappa shape index (κ2) is 11.6. The summed E-state index contributed by atoms with van der Waals surface area (Å²) in [6.45, 7) is 3.15. The molecule has 0 atom stereocenters. The molecule has 0 unspecified atom stereocenters. The molecule has 1 saturated heterocycles. The van der Waals surface area contributed by atoms with E-state index in [0.717, 1.165) is 83.6 Å². The summed E-state index contributed by atoms with van der Waals surface area (Å²) in [4.78, 5) is 29.1. The summed E-state index contributed by atoms with van der Waals surface area (Å²) in [7, 11) is 0. The van der Waals surface area contributed by atoms with Crippen molar-refractivity contribution in [3.05, 3.63) is 36.0 Å². The summed E-state index contributed by atoms with van der Waals surface area (Å²) < 4.78 is 30.1. The van der Waals surface area contributed by atoms with Gasteiger partial charge < -0.3 is 26.0 Å². The van der Waals surface area contributed by atoms with Crippen molar-refractivity contribution in [1.29, 1.82) is 0 Å². The van der Waals surface area contributed by atoms with Gasteiger partial charge in [-0.3, -0.25) is 9.36 Å². The van der Waals surface area contributed by atoms with Crippen LogP contribution in [-0.2, 0) is 4.79 Å². The normalized spacial score (nSPS) is 25.6. The van der Waals surface area contributed by atoms with Crippen LogP contribution in [-0.4, -0.2) is 73.8 Å². The summed E-state index contributed by atoms with van der Waals surface area (Å²) >= 11 is 0. The van der Waals surface area contributed by atoms with Gasteiger partial charge in [-0.1, -0.05) is 0 Å². The average molecular weight is 555 g/mol. The van der Waals surface area contributed by atoms with Crippen LogP contribution in [0.1, 0.15) is 57.4 Å². The molecule has 3 fully saturated rings. The third-order valence-electron chi connectivity index (χ3n) is 8.48. The molecule has 40 heavy (non-hydrogen) atoms. The number of amides is 1. The van der Waals surface area contributed by atoms with Gasteiger partial charge in [0.15, 0.2) is 5.65 Å². The lowest BCUT2D eigenvalue weighted by molar-refractivity contribution is -0.137. The third-order valence-corrected chi connectivity index (χ3v) is 8.48. The van der Waals surface area contributed by atoms with Crippen molar-refractivity contribution in [2.24, 2.45) is 5.92 Å². The number of aliphatic hydroxyl groups excluding tert-OH is 1. The van der Waals surface area contributed by atoms with E-state index in [-0.39, 0.29) is 35.7 Å². The first-order chi connectivity index (χ1) is 19.4. The van der Waals surface area contributed by atoms with E-state index in [1.54, 1.807) is 6.20 Å². The summed E-state index contributed by atoms with van der Waals surface area (Å²) in [5.74, 6) is -0.253. The van der Waals surface area contributed by atoms with Gasteiger partial charge in [-0.15, -0.1) is 0 Å². The zero-order valence-electron chi connectivity index (χ0n) is 22.5. The van der Waals surface area contributed by atoms with Gasteiger partial charge in [0.2, 0.25) is 17.8 Å². The summed E-state index contributed by atoms with van der Waals surface area (Å²) in [6, 6.07) is 3.57. The maximum absolute atomic E-state index is 14.6. The van der Waals surface area contributed by atoms with Crippen molar-refractivity contribution in [3.63, 3.8) is 0 Å². The maximum atomic E-state index is 14.6. The highest BCUT2D eigenvalue weighted by atomic mass is 19.1. The first kappa shape index (κ1) is 26.8. The smallest absolute Gasteiger partial charge is 0.225 e. The van der Waals surface area contributed by atoms with Crippen LogP contribution < -0.4 is 16.0 Å². The van der Waals surface area contributed by atoms with Crippen LogP contribution in [0, 0.1) is 17.6 Å². The number of fused-ring (bicyclic) bond motifs is 1. The number of piperazine rings is 1. The molecule has 0 bridgehead atoms. The van der Waals surface area contributed by atoms with Gasteiger partial charge in [0.05, 0.1) is 18.0 Å². The van der Waals surface area contributed by atoms with E-state index >= 15 is 0 Å². The van der Waals surface area contributed by atoms with Crippen LogP contribution in [0.25, 0.3) is 11.2 Å². The number of anilines is 3. The molecule has 6 rings (SSSR count). The molecule has 2 saturated carbocycles. The number of halogens is 2. The summed E-state index contributed by atoms with van der Waals surface area (Å²) in [5, 5.41) is 19.6. The Morgan fingerprint density at radius 1 is 1.00 bits per heavy atom. The van der Waals surface area contributed by atoms with Crippen LogP contribution in [0.15, 0.2) is 24.4 Å². The summed E-state index contributed by atoms with van der Waals surface area (Å²) in [5.41, 5.74) is 1.30. The van der Waals surface area contributed by atoms with Gasteiger partial charge >= 0.3 is 0 Å². The predicted molar refractivity (Wildman–Crippen MR) is 147 cm³/mol. The van der Waals surface area contributed by atoms with Gasteiger partial charge in [0.1, 0.15) is 17.2 Å².